The first kappa shape index (κ1) is 50.9. The van der Waals surface area contributed by atoms with E-state index in [0.717, 1.165) is 26.1 Å². The van der Waals surface area contributed by atoms with E-state index in [9.17, 15) is 68.1 Å². The summed E-state index contributed by atoms with van der Waals surface area (Å²) in [5.74, 6) is -8.55. The highest BCUT2D eigenvalue weighted by Crippen LogP contribution is 2.26. The Kier molecular flexibility index (Phi) is 22.8. The zero-order valence-corrected chi connectivity index (χ0v) is 34.1. The average Bonchev–Trinajstić information content (AvgIpc) is 3.42. The second kappa shape index (κ2) is 26.0. The van der Waals surface area contributed by atoms with Gasteiger partial charge in [0.2, 0.25) is 11.8 Å². The number of Topliss-reactive ketones (excluding diaryl/α,β-unsaturated/α-hetero) is 1. The van der Waals surface area contributed by atoms with Crippen LogP contribution in [-0.2, 0) is 52.7 Å². The van der Waals surface area contributed by atoms with Crippen molar-refractivity contribution in [2.24, 2.45) is 0 Å². The largest absolute Gasteiger partial charge is 0.481 e. The fourth-order valence-electron chi connectivity index (χ4n) is 5.54. The highest BCUT2D eigenvalue weighted by atomic mass is 32.2. The molecule has 7 N–H and O–H groups in total. The van der Waals surface area contributed by atoms with Crippen molar-refractivity contribution >= 4 is 95.0 Å². The maximum atomic E-state index is 13.3. The van der Waals surface area contributed by atoms with Crippen LogP contribution in [0.2, 0.25) is 0 Å². The molecule has 1 heterocycles. The molecule has 0 radical (unpaired) electrons. The van der Waals surface area contributed by atoms with Crippen molar-refractivity contribution in [2.45, 2.75) is 93.8 Å². The quantitative estimate of drug-likeness (QED) is 0.0116. The summed E-state index contributed by atoms with van der Waals surface area (Å²) in [7, 11) is 3.85. The lowest BCUT2D eigenvalue weighted by Crippen LogP contribution is -2.51. The number of unbranched alkanes of at least 4 members (excludes halogenated alkanes) is 2. The van der Waals surface area contributed by atoms with Gasteiger partial charge in [0.25, 0.3) is 12.2 Å². The minimum absolute atomic E-state index is 0.00771. The summed E-state index contributed by atoms with van der Waals surface area (Å²) in [4.78, 5) is 135. The molecule has 0 aromatic heterocycles. The standard InChI is InChI=1S/C34H50N6O16S2/c1-35-20(29(48)38(2)22(14-28(46)47)30(49)39(3)23(17-57-4)33(53)54)10-9-19(42)8-6-5-7-13-40-26(43)15-24(31(40)50)58-16-21(32(51)52)36-34(55)37-25(56-18-41)11-12-27(44)45/h18,20-21,23-25,35H,5-17H2,1-4H3,(H5-,36,37,44,45,46,47,51,52,53,54,55)/p+1/t20-,21-,23-,24?,25+/m0/s1. The molecule has 1 saturated heterocycles. The summed E-state index contributed by atoms with van der Waals surface area (Å²) in [6.07, 6.45) is -0.197. The summed E-state index contributed by atoms with van der Waals surface area (Å²) < 4.78 is 5.46. The Hall–Kier alpha value is -5.10. The molecule has 1 rings (SSSR count). The van der Waals surface area contributed by atoms with Crippen LogP contribution in [0.25, 0.3) is 0 Å². The number of rotatable bonds is 29. The van der Waals surface area contributed by atoms with Crippen molar-refractivity contribution in [2.75, 3.05) is 45.4 Å². The van der Waals surface area contributed by atoms with Gasteiger partial charge in [0, 0.05) is 50.8 Å². The number of likely N-dealkylation sites (N-methyl/N-ethyl adjacent to an activating group) is 3. The first-order valence-corrected chi connectivity index (χ1v) is 20.3. The number of hydrogen-bond donors (Lipinski definition) is 7. The molecule has 1 aliphatic rings. The van der Waals surface area contributed by atoms with E-state index in [1.165, 1.54) is 32.9 Å². The van der Waals surface area contributed by atoms with Crippen molar-refractivity contribution in [3.05, 3.63) is 0 Å². The number of carboxylic acids is 4. The molecule has 22 nitrogen and oxygen atoms in total. The third kappa shape index (κ3) is 17.2. The molecule has 0 aliphatic carbocycles. The third-order valence-electron chi connectivity index (χ3n) is 8.80. The van der Waals surface area contributed by atoms with E-state index in [4.69, 9.17) is 5.11 Å². The molecule has 1 fully saturated rings. The molecule has 24 heteroatoms. The third-order valence-corrected chi connectivity index (χ3v) is 10.7. The number of aliphatic carboxylic acids is 4. The predicted molar refractivity (Wildman–Crippen MR) is 205 cm³/mol. The average molecular weight is 864 g/mol. The fraction of sp³-hybridized carbons (Fsp3) is 0.647. The van der Waals surface area contributed by atoms with Gasteiger partial charge >= 0.3 is 41.7 Å². The highest BCUT2D eigenvalue weighted by molar-refractivity contribution is 8.00. The molecule has 1 aliphatic heterocycles. The van der Waals surface area contributed by atoms with Crippen LogP contribution in [0.1, 0.15) is 64.2 Å². The summed E-state index contributed by atoms with van der Waals surface area (Å²) in [6.45, 7) is 0.0437. The molecule has 0 bridgehead atoms. The second-order valence-electron chi connectivity index (χ2n) is 12.9. The number of nitrogens with zero attached hydrogens (tertiary/aromatic N) is 3. The van der Waals surface area contributed by atoms with Gasteiger partial charge in [-0.3, -0.25) is 38.5 Å². The monoisotopic (exact) mass is 863 g/mol. The number of carbonyl (C=O) groups excluding carboxylic acids is 7. The Bertz CT molecular complexity index is 1590. The molecular weight excluding hydrogens is 813 g/mol. The normalized spacial score (nSPS) is 16.3. The molecule has 0 saturated carbocycles. The van der Waals surface area contributed by atoms with Crippen LogP contribution in [0.4, 0.5) is 4.79 Å². The lowest BCUT2D eigenvalue weighted by Gasteiger charge is -2.23. The maximum Gasteiger partial charge on any atom is 0.404 e. The van der Waals surface area contributed by atoms with E-state index < -0.39 is 102 Å². The summed E-state index contributed by atoms with van der Waals surface area (Å²) in [5, 5.41) is 43.4. The Labute approximate surface area is 341 Å². The summed E-state index contributed by atoms with van der Waals surface area (Å²) >= 11 is 2.01. The topological polar surface area (TPSA) is 324 Å². The highest BCUT2D eigenvalue weighted by Gasteiger charge is 2.40. The summed E-state index contributed by atoms with van der Waals surface area (Å²) in [5.41, 5.74) is -0.450. The SMILES string of the molecule is CN[C@@H](CCC(=O)CCCCCN1C(=O)CC(SC[C@H](NC(=O)N[C@@H](CCC(=O)O)OC=O)C(=O)O)C1=O)C(=O)[N+](C)=C(CC(=O)O)C(=O)N(C)[C@@H](CSC)C(=O)O. The number of ether oxygens (including phenoxy) is 1. The second-order valence-corrected chi connectivity index (χ2v) is 15.1. The van der Waals surface area contributed by atoms with Gasteiger partial charge < -0.3 is 46.0 Å². The number of ketones is 1. The lowest BCUT2D eigenvalue weighted by molar-refractivity contribution is -0.421. The number of likely N-dealkylation sites (tertiary alicyclic amines) is 1. The van der Waals surface area contributed by atoms with Crippen molar-refractivity contribution in [3.63, 3.8) is 0 Å². The van der Waals surface area contributed by atoms with E-state index in [1.54, 1.807) is 6.26 Å². The van der Waals surface area contributed by atoms with Crippen molar-refractivity contribution in [1.29, 1.82) is 0 Å². The van der Waals surface area contributed by atoms with Crippen molar-refractivity contribution in [3.8, 4) is 0 Å². The molecule has 0 aromatic rings. The fourth-order valence-corrected chi connectivity index (χ4v) is 7.40. The van der Waals surface area contributed by atoms with Crippen LogP contribution < -0.4 is 16.0 Å². The van der Waals surface area contributed by atoms with Gasteiger partial charge in [-0.05, 0) is 32.6 Å². The number of carbonyl (C=O) groups is 11. The molecule has 0 aromatic carbocycles. The van der Waals surface area contributed by atoms with Gasteiger partial charge in [-0.15, -0.1) is 11.8 Å². The summed E-state index contributed by atoms with van der Waals surface area (Å²) in [6, 6.07) is -4.85. The van der Waals surface area contributed by atoms with E-state index in [-0.39, 0.29) is 62.4 Å². The van der Waals surface area contributed by atoms with Gasteiger partial charge in [0.1, 0.15) is 37.4 Å². The van der Waals surface area contributed by atoms with Crippen molar-refractivity contribution < 1.29 is 82.5 Å². The van der Waals surface area contributed by atoms with E-state index in [0.29, 0.717) is 19.3 Å². The van der Waals surface area contributed by atoms with E-state index in [1.807, 2.05) is 0 Å². The number of urea groups is 1. The molecule has 58 heavy (non-hydrogen) atoms. The lowest BCUT2D eigenvalue weighted by atomic mass is 10.0. The van der Waals surface area contributed by atoms with Crippen LogP contribution in [-0.4, -0.2) is 181 Å². The zero-order valence-electron chi connectivity index (χ0n) is 32.5. The molecule has 0 spiro atoms. The van der Waals surface area contributed by atoms with Crippen LogP contribution >= 0.6 is 23.5 Å². The minimum Gasteiger partial charge on any atom is -0.481 e. The zero-order chi connectivity index (χ0) is 44.1. The Balaban J connectivity index is 2.67. The molecule has 1 unspecified atom stereocenters. The number of imide groups is 1. The number of carboxylic acid groups (broad SMARTS) is 4. The predicted octanol–water partition coefficient (Wildman–Crippen LogP) is -1.18. The number of nitrogens with one attached hydrogen (secondary N) is 3. The van der Waals surface area contributed by atoms with Gasteiger partial charge in [0.15, 0.2) is 6.23 Å². The van der Waals surface area contributed by atoms with Crippen LogP contribution in [0.3, 0.4) is 0 Å². The minimum atomic E-state index is -1.52. The molecule has 324 valence electrons. The number of amides is 6. The van der Waals surface area contributed by atoms with Crippen LogP contribution in [0, 0.1) is 0 Å². The van der Waals surface area contributed by atoms with Gasteiger partial charge in [0.05, 0.1) is 11.7 Å². The van der Waals surface area contributed by atoms with Gasteiger partial charge in [-0.25, -0.2) is 19.2 Å². The van der Waals surface area contributed by atoms with Gasteiger partial charge in [-0.2, -0.15) is 16.3 Å². The van der Waals surface area contributed by atoms with E-state index in [2.05, 4.69) is 20.7 Å². The number of hydrogen-bond acceptors (Lipinski definition) is 15. The number of thioether (sulfide) groups is 2. The molecular formula is C34H51N6O16S2+. The molecule has 5 atom stereocenters. The Morgan fingerprint density at radius 2 is 1.59 bits per heavy atom. The van der Waals surface area contributed by atoms with E-state index >= 15 is 0 Å². The maximum absolute atomic E-state index is 13.3. The Morgan fingerprint density at radius 1 is 0.914 bits per heavy atom. The first-order chi connectivity index (χ1) is 27.3. The molecule has 6 amide bonds. The van der Waals surface area contributed by atoms with Crippen LogP contribution in [0.5, 0.6) is 0 Å². The Morgan fingerprint density at radius 3 is 2.14 bits per heavy atom. The van der Waals surface area contributed by atoms with Gasteiger partial charge in [-0.1, -0.05) is 6.42 Å². The first-order valence-electron chi connectivity index (χ1n) is 17.9. The smallest absolute Gasteiger partial charge is 0.404 e. The van der Waals surface area contributed by atoms with Crippen molar-refractivity contribution in [1.82, 2.24) is 25.8 Å². The van der Waals surface area contributed by atoms with Crippen LogP contribution in [0.15, 0.2) is 0 Å².